The molecule has 0 saturated heterocycles. The maximum atomic E-state index is 4.14. The van der Waals surface area contributed by atoms with Crippen molar-refractivity contribution in [2.45, 2.75) is 33.2 Å². The number of rotatable bonds is 9. The Morgan fingerprint density at radius 2 is 1.83 bits per heavy atom. The molecule has 162 valence electrons. The second kappa shape index (κ2) is 13.1. The predicted octanol–water partition coefficient (Wildman–Crippen LogP) is 3.53. The molecule has 0 bridgehead atoms. The summed E-state index contributed by atoms with van der Waals surface area (Å²) in [6.45, 7) is 7.68. The van der Waals surface area contributed by atoms with Crippen molar-refractivity contribution in [3.05, 3.63) is 72.3 Å². The van der Waals surface area contributed by atoms with E-state index in [1.807, 2.05) is 0 Å². The highest BCUT2D eigenvalue weighted by molar-refractivity contribution is 7.80. The van der Waals surface area contributed by atoms with E-state index in [9.17, 15) is 0 Å². The van der Waals surface area contributed by atoms with Crippen molar-refractivity contribution in [1.29, 1.82) is 0 Å². The first-order valence-electron chi connectivity index (χ1n) is 10.9. The minimum atomic E-state index is 0.938. The lowest BCUT2D eigenvalue weighted by Crippen LogP contribution is -3.17. The van der Waals surface area contributed by atoms with E-state index < -0.39 is 0 Å². The SMILES string of the molecule is CCCC[n+]1ccccc1/C=C/c1ccc(N(C)C)cc1.CC[NH+]1C=CN1CCS. The molecule has 1 atom stereocenters. The summed E-state index contributed by atoms with van der Waals surface area (Å²) in [7, 11) is 4.12. The van der Waals surface area contributed by atoms with Crippen LogP contribution in [-0.2, 0) is 6.54 Å². The third-order valence-electron chi connectivity index (χ3n) is 5.10. The fraction of sp³-hybridized carbons (Fsp3) is 0.400. The zero-order chi connectivity index (χ0) is 21.8. The number of nitrogens with zero attached hydrogens (tertiary/aromatic N) is 3. The molecule has 1 aliphatic heterocycles. The molecule has 0 aliphatic carbocycles. The maximum Gasteiger partial charge on any atom is 0.205 e. The Morgan fingerprint density at radius 3 is 2.40 bits per heavy atom. The van der Waals surface area contributed by atoms with E-state index in [4.69, 9.17) is 0 Å². The van der Waals surface area contributed by atoms with E-state index in [1.165, 1.54) is 34.8 Å². The number of aryl methyl sites for hydroxylation is 1. The summed E-state index contributed by atoms with van der Waals surface area (Å²) >= 11 is 4.14. The standard InChI is InChI=1S/C19H25N2.C6H12N2S/c1-4-5-15-21-16-7-6-8-19(21)14-11-17-9-12-18(13-10-17)20(2)3;1-2-7-3-4-8(7)5-6-9/h6-14,16H,4-5,15H2,1-3H3;3-4,9H,2,5-6H2,1H3/q+1;/p+1. The molecule has 4 nitrogen and oxygen atoms in total. The molecule has 0 spiro atoms. The lowest BCUT2D eigenvalue weighted by molar-refractivity contribution is -0.983. The van der Waals surface area contributed by atoms with E-state index in [0.29, 0.717) is 0 Å². The van der Waals surface area contributed by atoms with Crippen molar-refractivity contribution in [2.24, 2.45) is 0 Å². The minimum Gasteiger partial charge on any atom is -0.378 e. The summed E-state index contributed by atoms with van der Waals surface area (Å²) in [5, 5.41) is 3.68. The summed E-state index contributed by atoms with van der Waals surface area (Å²) in [4.78, 5) is 2.11. The number of quaternary nitrogens is 1. The molecule has 1 unspecified atom stereocenters. The molecule has 0 radical (unpaired) electrons. The number of hydrogen-bond acceptors (Lipinski definition) is 3. The smallest absolute Gasteiger partial charge is 0.205 e. The summed E-state index contributed by atoms with van der Waals surface area (Å²) < 4.78 is 2.31. The van der Waals surface area contributed by atoms with E-state index in [1.54, 1.807) is 0 Å². The highest BCUT2D eigenvalue weighted by Gasteiger charge is 2.18. The molecular weight excluding hydrogens is 388 g/mol. The molecule has 2 heterocycles. The first-order chi connectivity index (χ1) is 14.6. The maximum absolute atomic E-state index is 4.14. The molecule has 5 heteroatoms. The van der Waals surface area contributed by atoms with Crippen LogP contribution in [0.1, 0.15) is 37.9 Å². The van der Waals surface area contributed by atoms with Gasteiger partial charge in [-0.3, -0.25) is 0 Å². The van der Waals surface area contributed by atoms with Crippen LogP contribution >= 0.6 is 12.6 Å². The van der Waals surface area contributed by atoms with Crippen LogP contribution in [0, 0.1) is 0 Å². The van der Waals surface area contributed by atoms with Gasteiger partial charge in [-0.2, -0.15) is 17.2 Å². The number of benzene rings is 1. The van der Waals surface area contributed by atoms with Gasteiger partial charge >= 0.3 is 0 Å². The Bertz CT molecular complexity index is 799. The van der Waals surface area contributed by atoms with E-state index in [2.05, 4.69) is 128 Å². The van der Waals surface area contributed by atoms with Crippen LogP contribution in [-0.4, -0.2) is 37.9 Å². The quantitative estimate of drug-likeness (QED) is 0.471. The number of pyridine rings is 1. The van der Waals surface area contributed by atoms with Crippen LogP contribution in [0.3, 0.4) is 0 Å². The summed E-state index contributed by atoms with van der Waals surface area (Å²) in [6.07, 6.45) is 13.2. The normalized spacial score (nSPS) is 15.0. The Morgan fingerprint density at radius 1 is 1.07 bits per heavy atom. The van der Waals surface area contributed by atoms with Crippen LogP contribution in [0.15, 0.2) is 61.1 Å². The van der Waals surface area contributed by atoms with Gasteiger partial charge in [0, 0.05) is 50.2 Å². The largest absolute Gasteiger partial charge is 0.378 e. The molecule has 0 saturated carbocycles. The van der Waals surface area contributed by atoms with Gasteiger partial charge in [-0.1, -0.05) is 25.5 Å². The molecule has 1 aliphatic rings. The van der Waals surface area contributed by atoms with Gasteiger partial charge in [0.1, 0.15) is 25.5 Å². The number of aromatic nitrogens is 1. The fourth-order valence-corrected chi connectivity index (χ4v) is 3.39. The monoisotopic (exact) mass is 426 g/mol. The summed E-state index contributed by atoms with van der Waals surface area (Å²) in [5.41, 5.74) is 3.71. The van der Waals surface area contributed by atoms with Crippen LogP contribution < -0.4 is 14.5 Å². The topological polar surface area (TPSA) is 14.8 Å². The highest BCUT2D eigenvalue weighted by Crippen LogP contribution is 2.14. The van der Waals surface area contributed by atoms with Gasteiger partial charge in [0.25, 0.3) is 0 Å². The minimum absolute atomic E-state index is 0.938. The summed E-state index contributed by atoms with van der Waals surface area (Å²) in [6, 6.07) is 15.0. The molecule has 1 N–H and O–H groups in total. The molecule has 1 aromatic heterocycles. The highest BCUT2D eigenvalue weighted by atomic mass is 32.1. The van der Waals surface area contributed by atoms with Gasteiger partial charge < -0.3 is 4.90 Å². The average Bonchev–Trinajstić information content (AvgIpc) is 2.75. The third-order valence-corrected chi connectivity index (χ3v) is 5.30. The van der Waals surface area contributed by atoms with E-state index in [0.717, 1.165) is 25.4 Å². The van der Waals surface area contributed by atoms with Crippen molar-refractivity contribution in [1.82, 2.24) is 5.01 Å². The van der Waals surface area contributed by atoms with Crippen molar-refractivity contribution < 1.29 is 9.58 Å². The van der Waals surface area contributed by atoms with Crippen LogP contribution in [0.25, 0.3) is 12.2 Å². The van der Waals surface area contributed by atoms with E-state index >= 15 is 0 Å². The molecule has 0 fully saturated rings. The van der Waals surface area contributed by atoms with Crippen molar-refractivity contribution in [2.75, 3.05) is 37.8 Å². The fourth-order valence-electron chi connectivity index (χ4n) is 3.17. The van der Waals surface area contributed by atoms with Crippen LogP contribution in [0.5, 0.6) is 0 Å². The predicted molar refractivity (Wildman–Crippen MR) is 132 cm³/mol. The second-order valence-corrected chi connectivity index (χ2v) is 8.02. The van der Waals surface area contributed by atoms with Crippen LogP contribution in [0.4, 0.5) is 5.69 Å². The van der Waals surface area contributed by atoms with Gasteiger partial charge in [-0.25, -0.2) is 10.0 Å². The molecule has 2 aromatic rings. The second-order valence-electron chi connectivity index (χ2n) is 7.57. The number of thiol groups is 1. The van der Waals surface area contributed by atoms with Gasteiger partial charge in [-0.15, -0.1) is 0 Å². The third kappa shape index (κ3) is 7.54. The van der Waals surface area contributed by atoms with E-state index in [-0.39, 0.29) is 0 Å². The van der Waals surface area contributed by atoms with Gasteiger partial charge in [0.2, 0.25) is 5.69 Å². The summed E-state index contributed by atoms with van der Waals surface area (Å²) in [5.74, 6) is 0.938. The number of anilines is 1. The van der Waals surface area contributed by atoms with Crippen LogP contribution in [0.2, 0.25) is 0 Å². The number of unbranched alkanes of at least 4 members (excludes halogenated alkanes) is 1. The molecular formula is C25H38N4S+2. The lowest BCUT2D eigenvalue weighted by Gasteiger charge is -2.31. The Balaban J connectivity index is 0.000000297. The average molecular weight is 427 g/mol. The zero-order valence-corrected chi connectivity index (χ0v) is 19.9. The number of nitrogens with one attached hydrogen (secondary N) is 1. The van der Waals surface area contributed by atoms with Gasteiger partial charge in [-0.05, 0) is 36.8 Å². The first kappa shape index (κ1) is 24.0. The first-order valence-corrected chi connectivity index (χ1v) is 11.6. The zero-order valence-electron chi connectivity index (χ0n) is 19.0. The molecule has 3 rings (SSSR count). The van der Waals surface area contributed by atoms with Crippen molar-refractivity contribution in [3.63, 3.8) is 0 Å². The Kier molecular flexibility index (Phi) is 10.5. The Hall–Kier alpha value is -2.24. The molecule has 30 heavy (non-hydrogen) atoms. The number of hydrogen-bond donors (Lipinski definition) is 2. The van der Waals surface area contributed by atoms with Gasteiger partial charge in [0.05, 0.1) is 6.54 Å². The lowest BCUT2D eigenvalue weighted by atomic mass is 10.1. The molecule has 1 aromatic carbocycles. The van der Waals surface area contributed by atoms with Gasteiger partial charge in [0.15, 0.2) is 6.20 Å². The van der Waals surface area contributed by atoms with Crippen molar-refractivity contribution in [3.8, 4) is 0 Å². The molecule has 0 amide bonds. The van der Waals surface area contributed by atoms with Crippen molar-refractivity contribution >= 4 is 30.5 Å². The Labute approximate surface area is 188 Å².